The van der Waals surface area contributed by atoms with Crippen LogP contribution in [-0.2, 0) is 10.0 Å². The topological polar surface area (TPSA) is 53.5 Å². The number of pyridine rings is 1. The third-order valence-electron chi connectivity index (χ3n) is 4.91. The number of nitrogens with zero attached hydrogens (tertiary/aromatic N) is 3. The van der Waals surface area contributed by atoms with Gasteiger partial charge in [-0.15, -0.1) is 0 Å². The Bertz CT molecular complexity index is 1140. The Labute approximate surface area is 162 Å². The zero-order chi connectivity index (χ0) is 19.9. The molecule has 5 nitrogen and oxygen atoms in total. The number of anilines is 1. The highest BCUT2D eigenvalue weighted by Crippen LogP contribution is 2.29. The van der Waals surface area contributed by atoms with Crippen molar-refractivity contribution in [3.05, 3.63) is 65.9 Å². The third kappa shape index (κ3) is 3.33. The Hall–Kier alpha value is -2.58. The van der Waals surface area contributed by atoms with E-state index in [0.29, 0.717) is 19.2 Å². The summed E-state index contributed by atoms with van der Waals surface area (Å²) in [6, 6.07) is 12.3. The number of aryl methyl sites for hydroxylation is 1. The van der Waals surface area contributed by atoms with E-state index in [-0.39, 0.29) is 13.1 Å². The average molecular weight is 403 g/mol. The SMILES string of the molecule is Cc1cc(N2CCN(S(=O)(=O)c3ccc(F)cc3F)CC2)c2ccccc2n1. The van der Waals surface area contributed by atoms with E-state index in [1.807, 2.05) is 37.3 Å². The Morgan fingerprint density at radius 3 is 2.39 bits per heavy atom. The van der Waals surface area contributed by atoms with E-state index in [9.17, 15) is 17.2 Å². The second-order valence-electron chi connectivity index (χ2n) is 6.77. The summed E-state index contributed by atoms with van der Waals surface area (Å²) in [5, 5.41) is 1.01. The number of para-hydroxylation sites is 1. The Kier molecular flexibility index (Phi) is 4.76. The van der Waals surface area contributed by atoms with Crippen molar-refractivity contribution in [2.45, 2.75) is 11.8 Å². The number of benzene rings is 2. The molecule has 1 aliphatic rings. The minimum absolute atomic E-state index is 0.217. The maximum atomic E-state index is 14.0. The molecular formula is C20H19F2N3O2S. The van der Waals surface area contributed by atoms with Crippen LogP contribution in [0.15, 0.2) is 53.4 Å². The highest BCUT2D eigenvalue weighted by Gasteiger charge is 2.31. The largest absolute Gasteiger partial charge is 0.368 e. The Morgan fingerprint density at radius 2 is 1.68 bits per heavy atom. The van der Waals surface area contributed by atoms with E-state index in [1.54, 1.807) is 0 Å². The van der Waals surface area contributed by atoms with E-state index >= 15 is 0 Å². The van der Waals surface area contributed by atoms with Gasteiger partial charge < -0.3 is 4.90 Å². The summed E-state index contributed by atoms with van der Waals surface area (Å²) in [5.41, 5.74) is 2.78. The molecular weight excluding hydrogens is 384 g/mol. The maximum absolute atomic E-state index is 14.0. The molecule has 2 aromatic carbocycles. The van der Waals surface area contributed by atoms with Crippen LogP contribution in [0.1, 0.15) is 5.69 Å². The molecule has 1 aliphatic heterocycles. The van der Waals surface area contributed by atoms with Gasteiger partial charge >= 0.3 is 0 Å². The van der Waals surface area contributed by atoms with Crippen LogP contribution in [0.4, 0.5) is 14.5 Å². The summed E-state index contributed by atoms with van der Waals surface area (Å²) >= 11 is 0. The van der Waals surface area contributed by atoms with Crippen molar-refractivity contribution >= 4 is 26.6 Å². The second kappa shape index (κ2) is 7.10. The Morgan fingerprint density at radius 1 is 0.964 bits per heavy atom. The first kappa shape index (κ1) is 18.8. The van der Waals surface area contributed by atoms with E-state index in [1.165, 1.54) is 4.31 Å². The molecule has 0 atom stereocenters. The summed E-state index contributed by atoms with van der Waals surface area (Å²) in [6.45, 7) is 3.29. The van der Waals surface area contributed by atoms with Gasteiger partial charge in [0.1, 0.15) is 16.5 Å². The summed E-state index contributed by atoms with van der Waals surface area (Å²) in [4.78, 5) is 6.16. The predicted octanol–water partition coefficient (Wildman–Crippen LogP) is 3.33. The van der Waals surface area contributed by atoms with Gasteiger partial charge in [-0.3, -0.25) is 4.98 Å². The number of hydrogen-bond acceptors (Lipinski definition) is 4. The molecule has 0 unspecified atom stereocenters. The van der Waals surface area contributed by atoms with Crippen molar-refractivity contribution in [1.29, 1.82) is 0 Å². The van der Waals surface area contributed by atoms with Gasteiger partial charge in [0, 0.05) is 49.0 Å². The van der Waals surface area contributed by atoms with E-state index < -0.39 is 26.6 Å². The molecule has 0 bridgehead atoms. The monoisotopic (exact) mass is 403 g/mol. The summed E-state index contributed by atoms with van der Waals surface area (Å²) in [5.74, 6) is -1.88. The fourth-order valence-corrected chi connectivity index (χ4v) is 5.01. The molecule has 2 heterocycles. The van der Waals surface area contributed by atoms with E-state index in [0.717, 1.165) is 34.4 Å². The smallest absolute Gasteiger partial charge is 0.246 e. The summed E-state index contributed by atoms with van der Waals surface area (Å²) in [7, 11) is -4.01. The lowest BCUT2D eigenvalue weighted by molar-refractivity contribution is 0.382. The standard InChI is InChI=1S/C20H19F2N3O2S/c1-14-12-19(16-4-2-3-5-18(16)23-14)24-8-10-25(11-9-24)28(26,27)20-7-6-15(21)13-17(20)22/h2-7,12-13H,8-11H2,1H3. The number of hydrogen-bond donors (Lipinski definition) is 0. The molecule has 28 heavy (non-hydrogen) atoms. The predicted molar refractivity (Wildman–Crippen MR) is 104 cm³/mol. The fourth-order valence-electron chi connectivity index (χ4n) is 3.54. The van der Waals surface area contributed by atoms with Crippen molar-refractivity contribution in [3.8, 4) is 0 Å². The van der Waals surface area contributed by atoms with Crippen LogP contribution in [0.2, 0.25) is 0 Å². The fraction of sp³-hybridized carbons (Fsp3) is 0.250. The first-order valence-electron chi connectivity index (χ1n) is 8.93. The van der Waals surface area contributed by atoms with Crippen LogP contribution in [0.5, 0.6) is 0 Å². The highest BCUT2D eigenvalue weighted by atomic mass is 32.2. The average Bonchev–Trinajstić information content (AvgIpc) is 2.67. The van der Waals surface area contributed by atoms with Crippen molar-refractivity contribution in [3.63, 3.8) is 0 Å². The van der Waals surface area contributed by atoms with E-state index in [2.05, 4.69) is 9.88 Å². The van der Waals surface area contributed by atoms with Gasteiger partial charge in [-0.05, 0) is 31.2 Å². The summed E-state index contributed by atoms with van der Waals surface area (Å²) < 4.78 is 53.9. The van der Waals surface area contributed by atoms with Gasteiger partial charge in [0.2, 0.25) is 10.0 Å². The van der Waals surface area contributed by atoms with Crippen LogP contribution < -0.4 is 4.90 Å². The zero-order valence-electron chi connectivity index (χ0n) is 15.3. The molecule has 0 spiro atoms. The number of halogens is 2. The highest BCUT2D eigenvalue weighted by molar-refractivity contribution is 7.89. The molecule has 1 aromatic heterocycles. The van der Waals surface area contributed by atoms with Crippen molar-refractivity contribution in [1.82, 2.24) is 9.29 Å². The van der Waals surface area contributed by atoms with Crippen LogP contribution >= 0.6 is 0 Å². The lowest BCUT2D eigenvalue weighted by Crippen LogP contribution is -2.48. The second-order valence-corrected chi connectivity index (χ2v) is 8.67. The molecule has 0 aliphatic carbocycles. The van der Waals surface area contributed by atoms with Crippen molar-refractivity contribution < 1.29 is 17.2 Å². The number of aromatic nitrogens is 1. The molecule has 3 aromatic rings. The molecule has 4 rings (SSSR count). The van der Waals surface area contributed by atoms with Gasteiger partial charge in [0.05, 0.1) is 5.52 Å². The van der Waals surface area contributed by atoms with Crippen LogP contribution in [0, 0.1) is 18.6 Å². The summed E-state index contributed by atoms with van der Waals surface area (Å²) in [6.07, 6.45) is 0. The van der Waals surface area contributed by atoms with Crippen LogP contribution in [0.3, 0.4) is 0 Å². The minimum atomic E-state index is -4.01. The normalized spacial score (nSPS) is 15.9. The number of rotatable bonds is 3. The van der Waals surface area contributed by atoms with Gasteiger partial charge in [0.15, 0.2) is 0 Å². The lowest BCUT2D eigenvalue weighted by atomic mass is 10.1. The molecule has 0 amide bonds. The number of fused-ring (bicyclic) bond motifs is 1. The number of sulfonamides is 1. The zero-order valence-corrected chi connectivity index (χ0v) is 16.1. The molecule has 0 radical (unpaired) electrons. The first-order chi connectivity index (χ1) is 13.4. The van der Waals surface area contributed by atoms with Gasteiger partial charge in [0.25, 0.3) is 0 Å². The van der Waals surface area contributed by atoms with Gasteiger partial charge in [-0.2, -0.15) is 4.31 Å². The quantitative estimate of drug-likeness (QED) is 0.673. The maximum Gasteiger partial charge on any atom is 0.246 e. The van der Waals surface area contributed by atoms with E-state index in [4.69, 9.17) is 0 Å². The molecule has 1 fully saturated rings. The van der Waals surface area contributed by atoms with Crippen LogP contribution in [0.25, 0.3) is 10.9 Å². The van der Waals surface area contributed by atoms with Crippen molar-refractivity contribution in [2.75, 3.05) is 31.1 Å². The lowest BCUT2D eigenvalue weighted by Gasteiger charge is -2.36. The van der Waals surface area contributed by atoms with Gasteiger partial charge in [-0.25, -0.2) is 17.2 Å². The molecule has 8 heteroatoms. The Balaban J connectivity index is 1.59. The minimum Gasteiger partial charge on any atom is -0.368 e. The number of piperazine rings is 1. The molecule has 146 valence electrons. The van der Waals surface area contributed by atoms with Crippen molar-refractivity contribution in [2.24, 2.45) is 0 Å². The van der Waals surface area contributed by atoms with Gasteiger partial charge in [-0.1, -0.05) is 18.2 Å². The molecule has 1 saturated heterocycles. The molecule has 0 N–H and O–H groups in total. The first-order valence-corrected chi connectivity index (χ1v) is 10.4. The van der Waals surface area contributed by atoms with Crippen LogP contribution in [-0.4, -0.2) is 43.9 Å². The third-order valence-corrected chi connectivity index (χ3v) is 6.85. The molecule has 0 saturated carbocycles.